The van der Waals surface area contributed by atoms with Crippen LogP contribution < -0.4 is 5.32 Å². The van der Waals surface area contributed by atoms with Crippen LogP contribution >= 0.6 is 12.2 Å². The van der Waals surface area contributed by atoms with Crippen LogP contribution in [0.25, 0.3) is 11.8 Å². The lowest BCUT2D eigenvalue weighted by atomic mass is 10.1. The Morgan fingerprint density at radius 2 is 1.79 bits per heavy atom. The molecule has 0 bridgehead atoms. The monoisotopic (exact) mass is 395 g/mol. The first-order valence-corrected chi connectivity index (χ1v) is 9.82. The van der Waals surface area contributed by atoms with Crippen LogP contribution in [0.3, 0.4) is 0 Å². The van der Waals surface area contributed by atoms with Crippen molar-refractivity contribution in [3.8, 4) is 5.69 Å². The smallest absolute Gasteiger partial charge is 0.265 e. The van der Waals surface area contributed by atoms with Gasteiger partial charge in [0.1, 0.15) is 5.57 Å². The van der Waals surface area contributed by atoms with Crippen molar-refractivity contribution in [2.24, 2.45) is 0 Å². The van der Waals surface area contributed by atoms with Crippen molar-refractivity contribution >= 4 is 35.2 Å². The first kappa shape index (κ1) is 20.0. The Labute approximate surface area is 171 Å². The van der Waals surface area contributed by atoms with E-state index in [4.69, 9.17) is 12.2 Å². The molecule has 0 unspecified atom stereocenters. The molecule has 5 nitrogen and oxygen atoms in total. The highest BCUT2D eigenvalue weighted by Gasteiger charge is 2.35. The quantitative estimate of drug-likeness (QED) is 0.486. The van der Waals surface area contributed by atoms with Gasteiger partial charge in [0.05, 0.1) is 0 Å². The molecule has 2 aromatic rings. The molecule has 1 aliphatic rings. The molecule has 2 heterocycles. The number of thiocarbonyl (C=S) groups is 1. The zero-order chi connectivity index (χ0) is 20.6. The van der Waals surface area contributed by atoms with E-state index >= 15 is 0 Å². The number of rotatable bonds is 4. The fourth-order valence-electron chi connectivity index (χ4n) is 3.43. The van der Waals surface area contributed by atoms with E-state index in [1.807, 2.05) is 33.8 Å². The van der Waals surface area contributed by atoms with Crippen LogP contribution in [0.5, 0.6) is 0 Å². The van der Waals surface area contributed by atoms with Gasteiger partial charge >= 0.3 is 0 Å². The molecule has 1 N–H and O–H groups in total. The predicted molar refractivity (Wildman–Crippen MR) is 115 cm³/mol. The SMILES string of the molecule is CC[C@@H](C)N1C(=O)/C(=C\c2cc(C)n(-c3ccc(C)cc3)c2C)C(=O)NC1=S. The minimum atomic E-state index is -0.449. The number of nitrogens with one attached hydrogen (secondary N) is 1. The van der Waals surface area contributed by atoms with E-state index in [0.29, 0.717) is 0 Å². The Bertz CT molecular complexity index is 986. The summed E-state index contributed by atoms with van der Waals surface area (Å²) in [6.07, 6.45) is 2.42. The van der Waals surface area contributed by atoms with Crippen LogP contribution in [0.4, 0.5) is 0 Å². The number of hydrogen-bond donors (Lipinski definition) is 1. The van der Waals surface area contributed by atoms with E-state index in [9.17, 15) is 9.59 Å². The zero-order valence-electron chi connectivity index (χ0n) is 16.9. The van der Waals surface area contributed by atoms with Crippen molar-refractivity contribution in [3.63, 3.8) is 0 Å². The van der Waals surface area contributed by atoms with Crippen LogP contribution in [0, 0.1) is 20.8 Å². The minimum Gasteiger partial charge on any atom is -0.318 e. The summed E-state index contributed by atoms with van der Waals surface area (Å²) in [6.45, 7) is 9.95. The summed E-state index contributed by atoms with van der Waals surface area (Å²) >= 11 is 5.21. The maximum absolute atomic E-state index is 13.0. The Morgan fingerprint density at radius 3 is 2.39 bits per heavy atom. The van der Waals surface area contributed by atoms with Crippen LogP contribution in [-0.4, -0.2) is 32.4 Å². The van der Waals surface area contributed by atoms with E-state index in [-0.39, 0.29) is 22.6 Å². The lowest BCUT2D eigenvalue weighted by molar-refractivity contribution is -0.130. The highest BCUT2D eigenvalue weighted by molar-refractivity contribution is 7.80. The van der Waals surface area contributed by atoms with Gasteiger partial charge in [-0.1, -0.05) is 24.6 Å². The van der Waals surface area contributed by atoms with E-state index in [1.165, 1.54) is 10.5 Å². The van der Waals surface area contributed by atoms with E-state index in [0.717, 1.165) is 29.1 Å². The summed E-state index contributed by atoms with van der Waals surface area (Å²) in [5, 5.41) is 2.82. The normalized spacial score (nSPS) is 17.2. The molecule has 28 heavy (non-hydrogen) atoms. The molecule has 0 saturated carbocycles. The second-order valence-electron chi connectivity index (χ2n) is 7.25. The number of carbonyl (C=O) groups is 2. The van der Waals surface area contributed by atoms with Crippen LogP contribution in [0.2, 0.25) is 0 Å². The topological polar surface area (TPSA) is 54.3 Å². The van der Waals surface area contributed by atoms with E-state index in [2.05, 4.69) is 41.1 Å². The summed E-state index contributed by atoms with van der Waals surface area (Å²) in [6, 6.07) is 10.2. The Kier molecular flexibility index (Phi) is 5.52. The van der Waals surface area contributed by atoms with Crippen molar-refractivity contribution in [1.82, 2.24) is 14.8 Å². The van der Waals surface area contributed by atoms with Crippen molar-refractivity contribution in [2.75, 3.05) is 0 Å². The number of nitrogens with zero attached hydrogens (tertiary/aromatic N) is 2. The van der Waals surface area contributed by atoms with Gasteiger partial charge in [0.2, 0.25) is 0 Å². The Balaban J connectivity index is 2.04. The van der Waals surface area contributed by atoms with Gasteiger partial charge in [0.15, 0.2) is 5.11 Å². The third-order valence-corrected chi connectivity index (χ3v) is 5.53. The summed E-state index contributed by atoms with van der Waals surface area (Å²) < 4.78 is 2.12. The molecule has 146 valence electrons. The van der Waals surface area contributed by atoms with Gasteiger partial charge in [0.25, 0.3) is 11.8 Å². The molecule has 1 aromatic carbocycles. The van der Waals surface area contributed by atoms with Crippen molar-refractivity contribution in [2.45, 2.75) is 47.1 Å². The summed E-state index contributed by atoms with van der Waals surface area (Å²) in [7, 11) is 0. The number of amides is 2. The number of carbonyl (C=O) groups excluding carboxylic acids is 2. The maximum atomic E-state index is 13.0. The van der Waals surface area contributed by atoms with Crippen molar-refractivity contribution in [3.05, 3.63) is 58.4 Å². The summed E-state index contributed by atoms with van der Waals surface area (Å²) in [4.78, 5) is 26.9. The third kappa shape index (κ3) is 3.52. The molecule has 1 fully saturated rings. The van der Waals surface area contributed by atoms with Gasteiger partial charge in [-0.05, 0) is 76.2 Å². The lowest BCUT2D eigenvalue weighted by Crippen LogP contribution is -2.56. The molecule has 1 aliphatic heterocycles. The summed E-state index contributed by atoms with van der Waals surface area (Å²) in [5.74, 6) is -0.794. The van der Waals surface area contributed by atoms with E-state index < -0.39 is 5.91 Å². The second kappa shape index (κ2) is 7.72. The molecule has 3 rings (SSSR count). The highest BCUT2D eigenvalue weighted by Crippen LogP contribution is 2.25. The van der Waals surface area contributed by atoms with Gasteiger partial charge < -0.3 is 4.57 Å². The van der Waals surface area contributed by atoms with Gasteiger partial charge in [-0.25, -0.2) is 0 Å². The molecule has 0 aliphatic carbocycles. The number of benzene rings is 1. The lowest BCUT2D eigenvalue weighted by Gasteiger charge is -2.33. The fourth-order valence-corrected chi connectivity index (χ4v) is 3.79. The van der Waals surface area contributed by atoms with Crippen LogP contribution in [0.1, 0.15) is 42.8 Å². The Hall–Kier alpha value is -2.73. The molecule has 0 spiro atoms. The molecule has 1 aromatic heterocycles. The first-order valence-electron chi connectivity index (χ1n) is 9.41. The van der Waals surface area contributed by atoms with Gasteiger partial charge in [0, 0.05) is 23.1 Å². The first-order chi connectivity index (χ1) is 13.2. The van der Waals surface area contributed by atoms with Gasteiger partial charge in [-0.2, -0.15) is 0 Å². The van der Waals surface area contributed by atoms with Gasteiger partial charge in [-0.3, -0.25) is 19.8 Å². The molecule has 6 heteroatoms. The number of hydrogen-bond acceptors (Lipinski definition) is 3. The van der Waals surface area contributed by atoms with Crippen LogP contribution in [-0.2, 0) is 9.59 Å². The second-order valence-corrected chi connectivity index (χ2v) is 7.63. The fraction of sp³-hybridized carbons (Fsp3) is 0.318. The number of aryl methyl sites for hydroxylation is 2. The molecular weight excluding hydrogens is 370 g/mol. The number of aromatic nitrogens is 1. The molecule has 0 radical (unpaired) electrons. The maximum Gasteiger partial charge on any atom is 0.265 e. The van der Waals surface area contributed by atoms with E-state index in [1.54, 1.807) is 6.08 Å². The molecule has 1 atom stereocenters. The minimum absolute atomic E-state index is 0.0796. The average molecular weight is 396 g/mol. The largest absolute Gasteiger partial charge is 0.318 e. The highest BCUT2D eigenvalue weighted by atomic mass is 32.1. The molecule has 2 amide bonds. The standard InChI is InChI=1S/C22H25N3O2S/c1-6-14(3)25-21(27)19(20(26)23-22(25)28)12-17-11-15(4)24(16(17)5)18-9-7-13(2)8-10-18/h7-12,14H,6H2,1-5H3,(H,23,26,28)/b19-12-/t14-/m1/s1. The molecule has 1 saturated heterocycles. The third-order valence-electron chi connectivity index (χ3n) is 5.23. The predicted octanol–water partition coefficient (Wildman–Crippen LogP) is 3.83. The Morgan fingerprint density at radius 1 is 1.14 bits per heavy atom. The van der Waals surface area contributed by atoms with Crippen molar-refractivity contribution < 1.29 is 9.59 Å². The zero-order valence-corrected chi connectivity index (χ0v) is 17.7. The van der Waals surface area contributed by atoms with Crippen molar-refractivity contribution in [1.29, 1.82) is 0 Å². The van der Waals surface area contributed by atoms with Crippen LogP contribution in [0.15, 0.2) is 35.9 Å². The summed E-state index contributed by atoms with van der Waals surface area (Å²) in [5.41, 5.74) is 5.20. The average Bonchev–Trinajstić information content (AvgIpc) is 2.92. The molecular formula is C22H25N3O2S. The van der Waals surface area contributed by atoms with Gasteiger partial charge in [-0.15, -0.1) is 0 Å².